The summed E-state index contributed by atoms with van der Waals surface area (Å²) in [4.78, 5) is 40.7. The number of hydrogen-bond donors (Lipinski definition) is 1. The van der Waals surface area contributed by atoms with Crippen LogP contribution in [0.2, 0.25) is 0 Å². The minimum atomic E-state index is -0.453. The molecule has 0 saturated carbocycles. The third-order valence-electron chi connectivity index (χ3n) is 11.2. The Morgan fingerprint density at radius 1 is 0.667 bits per heavy atom. The lowest BCUT2D eigenvalue weighted by molar-refractivity contribution is 0.0809. The summed E-state index contributed by atoms with van der Waals surface area (Å²) in [7, 11) is 4.74. The highest BCUT2D eigenvalue weighted by Gasteiger charge is 2.36. The number of benzene rings is 4. The van der Waals surface area contributed by atoms with E-state index >= 15 is 0 Å². The summed E-state index contributed by atoms with van der Waals surface area (Å²) >= 11 is 0. The molecule has 0 spiro atoms. The third-order valence-corrected chi connectivity index (χ3v) is 11.2. The summed E-state index contributed by atoms with van der Waals surface area (Å²) in [5.74, 6) is 2.26. The largest absolute Gasteiger partial charge is 0.497 e. The van der Waals surface area contributed by atoms with Gasteiger partial charge in [-0.2, -0.15) is 0 Å². The number of amides is 2. The first-order valence-electron chi connectivity index (χ1n) is 19.0. The molecule has 4 aromatic carbocycles. The van der Waals surface area contributed by atoms with Crippen LogP contribution in [0.25, 0.3) is 11.1 Å². The van der Waals surface area contributed by atoms with E-state index < -0.39 is 5.41 Å². The average Bonchev–Trinajstić information content (AvgIpc) is 3.82. The Balaban J connectivity index is 0.963. The van der Waals surface area contributed by atoms with Crippen molar-refractivity contribution in [3.63, 3.8) is 0 Å². The molecule has 57 heavy (non-hydrogen) atoms. The molecule has 12 heteroatoms. The van der Waals surface area contributed by atoms with Gasteiger partial charge in [-0.3, -0.25) is 19.6 Å². The molecule has 2 N–H and O–H groups in total. The minimum absolute atomic E-state index is 0.159. The maximum atomic E-state index is 13.9. The van der Waals surface area contributed by atoms with E-state index in [9.17, 15) is 9.59 Å². The molecule has 12 nitrogen and oxygen atoms in total. The first-order valence-corrected chi connectivity index (χ1v) is 19.0. The van der Waals surface area contributed by atoms with Crippen LogP contribution in [0.15, 0.2) is 95.2 Å². The van der Waals surface area contributed by atoms with Gasteiger partial charge in [0.2, 0.25) is 0 Å². The van der Waals surface area contributed by atoms with Crippen molar-refractivity contribution >= 4 is 52.5 Å². The molecule has 3 unspecified atom stereocenters. The molecule has 3 atom stereocenters. The van der Waals surface area contributed by atoms with Gasteiger partial charge in [0.1, 0.15) is 5.75 Å². The maximum absolute atomic E-state index is 13.9. The van der Waals surface area contributed by atoms with E-state index in [0.29, 0.717) is 64.0 Å². The number of fused-ring (bicyclic) bond motifs is 4. The smallest absolute Gasteiger partial charge is 0.260 e. The second kappa shape index (κ2) is 15.2. The lowest BCUT2D eigenvalue weighted by Gasteiger charge is -2.29. The van der Waals surface area contributed by atoms with E-state index in [2.05, 4.69) is 13.8 Å². The SMILES string of the molecule is CCC(C)(COc1cc2c(cc1OC)C(=O)N1C=C(c3ccc(N)cc3)CC1C=N2)COc1cc2c(cc1OC)C(=O)N1C=C(c3ccc(OC)cc3)CC1C=N2. The fourth-order valence-electron chi connectivity index (χ4n) is 7.39. The van der Waals surface area contributed by atoms with Crippen LogP contribution in [0.1, 0.15) is 65.0 Å². The molecule has 2 amide bonds. The fourth-order valence-corrected chi connectivity index (χ4v) is 7.39. The molecule has 0 fully saturated rings. The van der Waals surface area contributed by atoms with Crippen LogP contribution in [0, 0.1) is 5.41 Å². The number of carbonyl (C=O) groups excluding carboxylic acids is 2. The number of carbonyl (C=O) groups is 2. The lowest BCUT2D eigenvalue weighted by Crippen LogP contribution is -2.33. The van der Waals surface area contributed by atoms with Gasteiger partial charge in [0.25, 0.3) is 11.8 Å². The number of nitrogens with two attached hydrogens (primary N) is 1. The zero-order valence-electron chi connectivity index (χ0n) is 32.7. The van der Waals surface area contributed by atoms with Crippen LogP contribution in [0.3, 0.4) is 0 Å². The summed E-state index contributed by atoms with van der Waals surface area (Å²) in [5.41, 5.74) is 12.1. The average molecular weight is 768 g/mol. The van der Waals surface area contributed by atoms with Gasteiger partial charge in [0, 0.05) is 60.9 Å². The Kier molecular flexibility index (Phi) is 9.95. The molecule has 0 radical (unpaired) electrons. The van der Waals surface area contributed by atoms with Gasteiger partial charge >= 0.3 is 0 Å². The van der Waals surface area contributed by atoms with Gasteiger partial charge in [-0.25, -0.2) is 0 Å². The maximum Gasteiger partial charge on any atom is 0.260 e. The highest BCUT2D eigenvalue weighted by molar-refractivity contribution is 6.06. The number of nitrogens with zero attached hydrogens (tertiary/aromatic N) is 4. The summed E-state index contributed by atoms with van der Waals surface area (Å²) in [6, 6.07) is 22.0. The Labute approximate surface area is 331 Å². The van der Waals surface area contributed by atoms with E-state index in [-0.39, 0.29) is 37.1 Å². The van der Waals surface area contributed by atoms with Crippen molar-refractivity contribution in [3.05, 3.63) is 107 Å². The van der Waals surface area contributed by atoms with Crippen LogP contribution in [0.4, 0.5) is 17.1 Å². The van der Waals surface area contributed by atoms with Gasteiger partial charge < -0.3 is 39.2 Å². The topological polar surface area (TPSA) is 138 Å². The number of aliphatic imine (C=N–C) groups is 2. The predicted octanol–water partition coefficient (Wildman–Crippen LogP) is 8.11. The van der Waals surface area contributed by atoms with Crippen molar-refractivity contribution in [2.24, 2.45) is 15.4 Å². The van der Waals surface area contributed by atoms with Gasteiger partial charge in [-0.15, -0.1) is 0 Å². The van der Waals surface area contributed by atoms with Crippen molar-refractivity contribution in [2.45, 2.75) is 45.2 Å². The molecule has 292 valence electrons. The van der Waals surface area contributed by atoms with Crippen LogP contribution in [0.5, 0.6) is 28.7 Å². The highest BCUT2D eigenvalue weighted by atomic mass is 16.5. The third kappa shape index (κ3) is 7.19. The molecule has 0 aromatic heterocycles. The summed E-state index contributed by atoms with van der Waals surface area (Å²) in [6.45, 7) is 4.70. The van der Waals surface area contributed by atoms with Crippen LogP contribution < -0.4 is 29.4 Å². The van der Waals surface area contributed by atoms with Gasteiger partial charge in [-0.05, 0) is 65.1 Å². The van der Waals surface area contributed by atoms with E-state index in [1.165, 1.54) is 0 Å². The molecule has 4 aromatic rings. The second-order valence-corrected chi connectivity index (χ2v) is 15.0. The highest BCUT2D eigenvalue weighted by Crippen LogP contribution is 2.43. The Bertz CT molecular complexity index is 2350. The molecular formula is C45H45N5O7. The molecule has 0 bridgehead atoms. The van der Waals surface area contributed by atoms with E-state index in [1.807, 2.05) is 73.4 Å². The molecule has 0 saturated heterocycles. The van der Waals surface area contributed by atoms with Crippen molar-refractivity contribution in [2.75, 3.05) is 40.3 Å². The number of nitrogen functional groups attached to an aromatic ring is 1. The molecule has 4 aliphatic rings. The van der Waals surface area contributed by atoms with Crippen LogP contribution >= 0.6 is 0 Å². The number of ether oxygens (including phenoxy) is 5. The molecule has 4 heterocycles. The van der Waals surface area contributed by atoms with Crippen molar-refractivity contribution in [1.29, 1.82) is 0 Å². The quantitative estimate of drug-likeness (QED) is 0.143. The molecule has 8 rings (SSSR count). The lowest BCUT2D eigenvalue weighted by atomic mass is 9.89. The van der Waals surface area contributed by atoms with Crippen molar-refractivity contribution in [1.82, 2.24) is 9.80 Å². The number of rotatable bonds is 12. The van der Waals surface area contributed by atoms with Gasteiger partial charge in [0.15, 0.2) is 23.0 Å². The van der Waals surface area contributed by atoms with Crippen molar-refractivity contribution < 1.29 is 33.3 Å². The zero-order valence-corrected chi connectivity index (χ0v) is 32.7. The van der Waals surface area contributed by atoms with Crippen LogP contribution in [-0.4, -0.2) is 80.7 Å². The molecule has 0 aliphatic carbocycles. The van der Waals surface area contributed by atoms with E-state index in [4.69, 9.17) is 39.4 Å². The first-order chi connectivity index (χ1) is 27.6. The second-order valence-electron chi connectivity index (χ2n) is 15.0. The Morgan fingerprint density at radius 2 is 1.12 bits per heavy atom. The number of anilines is 1. The normalized spacial score (nSPS) is 19.0. The van der Waals surface area contributed by atoms with Crippen molar-refractivity contribution in [3.8, 4) is 28.7 Å². The van der Waals surface area contributed by atoms with E-state index in [1.54, 1.807) is 55.4 Å². The fraction of sp³-hybridized carbons (Fsp3) is 0.289. The summed E-state index contributed by atoms with van der Waals surface area (Å²) in [6.07, 6.45) is 9.44. The Morgan fingerprint density at radius 3 is 1.54 bits per heavy atom. The van der Waals surface area contributed by atoms with Crippen LogP contribution in [-0.2, 0) is 0 Å². The standard InChI is InChI=1S/C45H45N5O7/c1-6-45(2,25-56-41-19-37-35(17-39(41)54-4)43(51)49-23-29(15-32(49)21-47-37)27-7-11-31(46)12-8-27)26-57-42-20-38-36(18-40(42)55-5)44(52)50-24-30(16-33(50)22-48-38)28-9-13-34(53-3)14-10-28/h7-14,17-24,32-33H,6,15-16,25-26,46H2,1-5H3. The van der Waals surface area contributed by atoms with Gasteiger partial charge in [-0.1, -0.05) is 38.1 Å². The number of methoxy groups -OCH3 is 3. The van der Waals surface area contributed by atoms with Gasteiger partial charge in [0.05, 0.1) is 69.1 Å². The zero-order chi connectivity index (χ0) is 39.8. The monoisotopic (exact) mass is 767 g/mol. The number of hydrogen-bond acceptors (Lipinski definition) is 10. The van der Waals surface area contributed by atoms with E-state index in [0.717, 1.165) is 34.4 Å². The minimum Gasteiger partial charge on any atom is -0.497 e. The molecule has 4 aliphatic heterocycles. The Hall–Kier alpha value is -6.56. The summed E-state index contributed by atoms with van der Waals surface area (Å²) < 4.78 is 29.6. The first kappa shape index (κ1) is 37.4. The summed E-state index contributed by atoms with van der Waals surface area (Å²) in [5, 5.41) is 0. The predicted molar refractivity (Wildman–Crippen MR) is 221 cm³/mol. The molecular weight excluding hydrogens is 723 g/mol.